The van der Waals surface area contributed by atoms with Crippen LogP contribution in [0.3, 0.4) is 0 Å². The van der Waals surface area contributed by atoms with Gasteiger partial charge in [0.15, 0.2) is 0 Å². The summed E-state index contributed by atoms with van der Waals surface area (Å²) in [6.07, 6.45) is 5.21. The van der Waals surface area contributed by atoms with Crippen molar-refractivity contribution < 1.29 is 9.53 Å². The highest BCUT2D eigenvalue weighted by Crippen LogP contribution is 2.23. The molecule has 3 rings (SSSR count). The number of hydrogen-bond donors (Lipinski definition) is 0. The molecule has 1 aliphatic rings. The van der Waals surface area contributed by atoms with Gasteiger partial charge in [-0.15, -0.1) is 11.3 Å². The van der Waals surface area contributed by atoms with Crippen molar-refractivity contribution in [3.63, 3.8) is 0 Å². The average molecular weight is 344 g/mol. The van der Waals surface area contributed by atoms with E-state index in [1.165, 1.54) is 12.0 Å². The van der Waals surface area contributed by atoms with E-state index in [9.17, 15) is 4.79 Å². The van der Waals surface area contributed by atoms with E-state index < -0.39 is 0 Å². The quantitative estimate of drug-likeness (QED) is 0.818. The Hall–Kier alpha value is -1.88. The second-order valence-corrected chi connectivity index (χ2v) is 7.15. The molecule has 1 aromatic heterocycles. The molecule has 0 N–H and O–H groups in total. The molecule has 0 saturated carbocycles. The van der Waals surface area contributed by atoms with Crippen LogP contribution in [-0.4, -0.2) is 35.5 Å². The number of benzene rings is 1. The van der Waals surface area contributed by atoms with Crippen molar-refractivity contribution in [1.29, 1.82) is 0 Å². The molecule has 2 aromatic rings. The summed E-state index contributed by atoms with van der Waals surface area (Å²) in [5.74, 6) is 0.947. The number of amides is 1. The summed E-state index contributed by atoms with van der Waals surface area (Å²) >= 11 is 1.57. The van der Waals surface area contributed by atoms with Crippen molar-refractivity contribution in [2.24, 2.45) is 0 Å². The van der Waals surface area contributed by atoms with E-state index in [0.29, 0.717) is 11.7 Å². The number of aromatic nitrogens is 1. The van der Waals surface area contributed by atoms with Crippen molar-refractivity contribution in [1.82, 2.24) is 9.88 Å². The van der Waals surface area contributed by atoms with E-state index in [0.717, 1.165) is 43.0 Å². The lowest BCUT2D eigenvalue weighted by molar-refractivity contribution is 0.0602. The van der Waals surface area contributed by atoms with E-state index >= 15 is 0 Å². The van der Waals surface area contributed by atoms with Crippen LogP contribution in [0.2, 0.25) is 0 Å². The Morgan fingerprint density at radius 1 is 1.33 bits per heavy atom. The monoisotopic (exact) mass is 344 g/mol. The SMILES string of the molecule is CCC1CCCCN1C(=O)c1csc(Cc2ccc(OC)cc2)n1. The summed E-state index contributed by atoms with van der Waals surface area (Å²) in [4.78, 5) is 19.4. The largest absolute Gasteiger partial charge is 0.497 e. The predicted molar refractivity (Wildman–Crippen MR) is 96.9 cm³/mol. The maximum absolute atomic E-state index is 12.8. The van der Waals surface area contributed by atoms with Crippen molar-refractivity contribution in [2.45, 2.75) is 45.1 Å². The van der Waals surface area contributed by atoms with Gasteiger partial charge in [0.25, 0.3) is 5.91 Å². The number of piperidine rings is 1. The Labute approximate surface area is 147 Å². The Kier molecular flexibility index (Phi) is 5.51. The molecular weight excluding hydrogens is 320 g/mol. The summed E-state index contributed by atoms with van der Waals surface area (Å²) < 4.78 is 5.18. The number of likely N-dealkylation sites (tertiary alicyclic amines) is 1. The zero-order valence-electron chi connectivity index (χ0n) is 14.3. The number of carbonyl (C=O) groups is 1. The van der Waals surface area contributed by atoms with Gasteiger partial charge in [-0.1, -0.05) is 19.1 Å². The summed E-state index contributed by atoms with van der Waals surface area (Å²) in [6, 6.07) is 8.36. The maximum atomic E-state index is 12.8. The lowest BCUT2D eigenvalue weighted by Gasteiger charge is -2.34. The van der Waals surface area contributed by atoms with Crippen molar-refractivity contribution in [2.75, 3.05) is 13.7 Å². The average Bonchev–Trinajstić information content (AvgIpc) is 3.10. The smallest absolute Gasteiger partial charge is 0.273 e. The van der Waals surface area contributed by atoms with Gasteiger partial charge in [0, 0.05) is 24.4 Å². The van der Waals surface area contributed by atoms with Crippen molar-refractivity contribution in [3.8, 4) is 5.75 Å². The molecule has 1 unspecified atom stereocenters. The normalized spacial score (nSPS) is 17.8. The van der Waals surface area contributed by atoms with Crippen molar-refractivity contribution in [3.05, 3.63) is 45.9 Å². The molecule has 24 heavy (non-hydrogen) atoms. The molecule has 1 amide bonds. The third-order valence-electron chi connectivity index (χ3n) is 4.64. The van der Waals surface area contributed by atoms with Crippen LogP contribution in [0.15, 0.2) is 29.6 Å². The van der Waals surface area contributed by atoms with Gasteiger partial charge in [-0.25, -0.2) is 4.98 Å². The van der Waals surface area contributed by atoms with Crippen LogP contribution >= 0.6 is 11.3 Å². The first-order valence-corrected chi connectivity index (χ1v) is 9.47. The van der Waals surface area contributed by atoms with Gasteiger partial charge in [0.05, 0.1) is 12.1 Å². The van der Waals surface area contributed by atoms with E-state index in [1.807, 2.05) is 34.5 Å². The van der Waals surface area contributed by atoms with E-state index in [-0.39, 0.29) is 5.91 Å². The minimum absolute atomic E-state index is 0.0961. The molecule has 128 valence electrons. The highest BCUT2D eigenvalue weighted by Gasteiger charge is 2.27. The first-order valence-electron chi connectivity index (χ1n) is 8.59. The van der Waals surface area contributed by atoms with E-state index in [1.54, 1.807) is 18.4 Å². The fourth-order valence-electron chi connectivity index (χ4n) is 3.25. The third-order valence-corrected chi connectivity index (χ3v) is 5.49. The first-order chi connectivity index (χ1) is 11.7. The van der Waals surface area contributed by atoms with Crippen LogP contribution in [0.4, 0.5) is 0 Å². The lowest BCUT2D eigenvalue weighted by Crippen LogP contribution is -2.43. The molecule has 0 aliphatic carbocycles. The number of nitrogens with zero attached hydrogens (tertiary/aromatic N) is 2. The maximum Gasteiger partial charge on any atom is 0.273 e. The van der Waals surface area contributed by atoms with Crippen LogP contribution < -0.4 is 4.74 Å². The molecular formula is C19H24N2O2S. The number of rotatable bonds is 5. The molecule has 0 spiro atoms. The van der Waals surface area contributed by atoms with Crippen LogP contribution in [0.5, 0.6) is 5.75 Å². The van der Waals surface area contributed by atoms with Gasteiger partial charge in [0.2, 0.25) is 0 Å². The molecule has 5 heteroatoms. The zero-order valence-corrected chi connectivity index (χ0v) is 15.1. The van der Waals surface area contributed by atoms with Gasteiger partial charge in [-0.3, -0.25) is 4.79 Å². The minimum Gasteiger partial charge on any atom is -0.497 e. The highest BCUT2D eigenvalue weighted by molar-refractivity contribution is 7.09. The van der Waals surface area contributed by atoms with Gasteiger partial charge in [-0.05, 0) is 43.4 Å². The van der Waals surface area contributed by atoms with Crippen LogP contribution in [-0.2, 0) is 6.42 Å². The topological polar surface area (TPSA) is 42.4 Å². The highest BCUT2D eigenvalue weighted by atomic mass is 32.1. The fraction of sp³-hybridized carbons (Fsp3) is 0.474. The fourth-order valence-corrected chi connectivity index (χ4v) is 4.05. The summed E-state index contributed by atoms with van der Waals surface area (Å²) in [6.45, 7) is 3.02. The van der Waals surface area contributed by atoms with E-state index in [2.05, 4.69) is 11.9 Å². The molecule has 2 heterocycles. The number of ether oxygens (including phenoxy) is 1. The second kappa shape index (κ2) is 7.79. The van der Waals surface area contributed by atoms with E-state index in [4.69, 9.17) is 4.74 Å². The Morgan fingerprint density at radius 3 is 2.83 bits per heavy atom. The Bertz CT molecular complexity index is 681. The number of thiazole rings is 1. The summed E-state index contributed by atoms with van der Waals surface area (Å²) in [5, 5.41) is 2.89. The van der Waals surface area contributed by atoms with Crippen LogP contribution in [0.1, 0.15) is 53.7 Å². The van der Waals surface area contributed by atoms with Crippen LogP contribution in [0.25, 0.3) is 0 Å². The Morgan fingerprint density at radius 2 is 2.12 bits per heavy atom. The van der Waals surface area contributed by atoms with Crippen molar-refractivity contribution >= 4 is 17.2 Å². The van der Waals surface area contributed by atoms with Gasteiger partial charge in [-0.2, -0.15) is 0 Å². The molecule has 1 saturated heterocycles. The summed E-state index contributed by atoms with van der Waals surface area (Å²) in [7, 11) is 1.66. The first kappa shape index (κ1) is 17.0. The Balaban J connectivity index is 1.68. The number of methoxy groups -OCH3 is 1. The summed E-state index contributed by atoms with van der Waals surface area (Å²) in [5.41, 5.74) is 1.78. The number of hydrogen-bond acceptors (Lipinski definition) is 4. The molecule has 0 bridgehead atoms. The van der Waals surface area contributed by atoms with Crippen LogP contribution in [0, 0.1) is 0 Å². The number of carbonyl (C=O) groups excluding carboxylic acids is 1. The lowest BCUT2D eigenvalue weighted by atomic mass is 10.00. The second-order valence-electron chi connectivity index (χ2n) is 6.21. The standard InChI is InChI=1S/C19H24N2O2S/c1-3-15-6-4-5-11-21(15)19(22)17-13-24-18(20-17)12-14-7-9-16(23-2)10-8-14/h7-10,13,15H,3-6,11-12H2,1-2H3. The van der Waals surface area contributed by atoms with Gasteiger partial charge in [0.1, 0.15) is 11.4 Å². The van der Waals surface area contributed by atoms with Gasteiger partial charge >= 0.3 is 0 Å². The molecule has 1 aliphatic heterocycles. The van der Waals surface area contributed by atoms with Gasteiger partial charge < -0.3 is 9.64 Å². The third kappa shape index (κ3) is 3.78. The molecule has 1 fully saturated rings. The minimum atomic E-state index is 0.0961. The molecule has 1 aromatic carbocycles. The zero-order chi connectivity index (χ0) is 16.9. The molecule has 0 radical (unpaired) electrons. The molecule has 1 atom stereocenters. The molecule has 4 nitrogen and oxygen atoms in total. The predicted octanol–water partition coefficient (Wildman–Crippen LogP) is 4.15.